The van der Waals surface area contributed by atoms with Crippen molar-refractivity contribution in [2.45, 2.75) is 26.5 Å². The van der Waals surface area contributed by atoms with Crippen LogP contribution in [0.15, 0.2) is 42.5 Å². The van der Waals surface area contributed by atoms with Gasteiger partial charge in [-0.15, -0.1) is 0 Å². The molecule has 0 aromatic heterocycles. The van der Waals surface area contributed by atoms with Gasteiger partial charge in [0.05, 0.1) is 6.04 Å². The second-order valence-electron chi connectivity index (χ2n) is 4.81. The van der Waals surface area contributed by atoms with E-state index in [4.69, 9.17) is 5.84 Å². The molecule has 5 heteroatoms. The van der Waals surface area contributed by atoms with E-state index in [9.17, 15) is 8.78 Å². The Morgan fingerprint density at radius 2 is 1.67 bits per heavy atom. The molecule has 0 heterocycles. The average molecular weight is 292 g/mol. The molecule has 0 amide bonds. The lowest BCUT2D eigenvalue weighted by molar-refractivity contribution is -0.0506. The summed E-state index contributed by atoms with van der Waals surface area (Å²) in [4.78, 5) is 0. The van der Waals surface area contributed by atoms with Gasteiger partial charge in [-0.3, -0.25) is 5.84 Å². The van der Waals surface area contributed by atoms with E-state index in [1.165, 1.54) is 6.07 Å². The average Bonchev–Trinajstić information content (AvgIpc) is 2.45. The number of nitrogens with two attached hydrogens (primary N) is 1. The molecule has 21 heavy (non-hydrogen) atoms. The van der Waals surface area contributed by atoms with Crippen LogP contribution in [0.3, 0.4) is 0 Å². The van der Waals surface area contributed by atoms with Gasteiger partial charge in [0, 0.05) is 5.56 Å². The summed E-state index contributed by atoms with van der Waals surface area (Å²) in [5.41, 5.74) is 6.38. The van der Waals surface area contributed by atoms with Gasteiger partial charge in [0.15, 0.2) is 0 Å². The van der Waals surface area contributed by atoms with Crippen LogP contribution in [0.5, 0.6) is 5.75 Å². The molecule has 2 aromatic rings. The number of alkyl halides is 2. The zero-order valence-corrected chi connectivity index (χ0v) is 11.9. The largest absolute Gasteiger partial charge is 0.434 e. The monoisotopic (exact) mass is 292 g/mol. The van der Waals surface area contributed by atoms with Gasteiger partial charge in [0.2, 0.25) is 0 Å². The zero-order valence-electron chi connectivity index (χ0n) is 11.9. The van der Waals surface area contributed by atoms with Crippen molar-refractivity contribution in [3.63, 3.8) is 0 Å². The van der Waals surface area contributed by atoms with E-state index in [2.05, 4.69) is 10.2 Å². The van der Waals surface area contributed by atoms with Gasteiger partial charge in [0.1, 0.15) is 5.75 Å². The summed E-state index contributed by atoms with van der Waals surface area (Å²) in [6, 6.07) is 12.1. The standard InChI is InChI=1S/C16H18F2N2O/c1-10-6-5-8-12(11(10)2)15(20-19)13-7-3-4-9-14(13)21-16(17)18/h3-9,15-16,20H,19H2,1-2H3. The van der Waals surface area contributed by atoms with Gasteiger partial charge in [-0.2, -0.15) is 8.78 Å². The third kappa shape index (κ3) is 3.37. The first-order valence-corrected chi connectivity index (χ1v) is 6.60. The fourth-order valence-corrected chi connectivity index (χ4v) is 2.36. The van der Waals surface area contributed by atoms with Crippen LogP contribution >= 0.6 is 0 Å². The highest BCUT2D eigenvalue weighted by atomic mass is 19.3. The molecule has 0 spiro atoms. The summed E-state index contributed by atoms with van der Waals surface area (Å²) in [6.07, 6.45) is 0. The molecule has 0 bridgehead atoms. The highest BCUT2D eigenvalue weighted by Gasteiger charge is 2.20. The van der Waals surface area contributed by atoms with Crippen LogP contribution in [0, 0.1) is 13.8 Å². The fourth-order valence-electron chi connectivity index (χ4n) is 2.36. The van der Waals surface area contributed by atoms with Crippen molar-refractivity contribution >= 4 is 0 Å². The maximum absolute atomic E-state index is 12.5. The van der Waals surface area contributed by atoms with E-state index in [0.29, 0.717) is 5.56 Å². The lowest BCUT2D eigenvalue weighted by atomic mass is 9.92. The first-order chi connectivity index (χ1) is 10.0. The predicted molar refractivity (Wildman–Crippen MR) is 78.2 cm³/mol. The minimum absolute atomic E-state index is 0.122. The second kappa shape index (κ2) is 6.65. The van der Waals surface area contributed by atoms with E-state index < -0.39 is 12.7 Å². The van der Waals surface area contributed by atoms with E-state index in [1.807, 2.05) is 32.0 Å². The van der Waals surface area contributed by atoms with Gasteiger partial charge in [-0.1, -0.05) is 36.4 Å². The Kier molecular flexibility index (Phi) is 4.88. The van der Waals surface area contributed by atoms with Crippen LogP contribution in [-0.4, -0.2) is 6.61 Å². The maximum Gasteiger partial charge on any atom is 0.387 e. The molecule has 0 aliphatic carbocycles. The number of hydrogen-bond donors (Lipinski definition) is 2. The molecule has 0 radical (unpaired) electrons. The van der Waals surface area contributed by atoms with Gasteiger partial charge in [0.25, 0.3) is 0 Å². The number of nitrogens with one attached hydrogen (secondary N) is 1. The summed E-state index contributed by atoms with van der Waals surface area (Å²) in [7, 11) is 0. The van der Waals surface area contributed by atoms with Gasteiger partial charge >= 0.3 is 6.61 Å². The number of ether oxygens (including phenoxy) is 1. The lowest BCUT2D eigenvalue weighted by Crippen LogP contribution is -2.30. The van der Waals surface area contributed by atoms with Crippen molar-refractivity contribution in [2.75, 3.05) is 0 Å². The van der Waals surface area contributed by atoms with Crippen molar-refractivity contribution in [1.29, 1.82) is 0 Å². The molecule has 0 aliphatic rings. The Morgan fingerprint density at radius 3 is 2.33 bits per heavy atom. The maximum atomic E-state index is 12.5. The predicted octanol–water partition coefficient (Wildman–Crippen LogP) is 3.46. The molecule has 0 aliphatic heterocycles. The summed E-state index contributed by atoms with van der Waals surface area (Å²) in [5.74, 6) is 5.78. The molecule has 1 unspecified atom stereocenters. The first kappa shape index (κ1) is 15.4. The summed E-state index contributed by atoms with van der Waals surface area (Å²) >= 11 is 0. The lowest BCUT2D eigenvalue weighted by Gasteiger charge is -2.22. The Labute approximate surface area is 122 Å². The topological polar surface area (TPSA) is 47.3 Å². The zero-order chi connectivity index (χ0) is 15.4. The van der Waals surface area contributed by atoms with E-state index in [-0.39, 0.29) is 5.75 Å². The third-order valence-electron chi connectivity index (χ3n) is 3.57. The molecule has 1 atom stereocenters. The summed E-state index contributed by atoms with van der Waals surface area (Å²) < 4.78 is 29.7. The highest BCUT2D eigenvalue weighted by Crippen LogP contribution is 2.32. The molecule has 2 aromatic carbocycles. The molecule has 0 saturated heterocycles. The molecule has 112 valence electrons. The van der Waals surface area contributed by atoms with Gasteiger partial charge < -0.3 is 4.74 Å². The minimum Gasteiger partial charge on any atom is -0.434 e. The van der Waals surface area contributed by atoms with E-state index in [0.717, 1.165) is 16.7 Å². The molecular formula is C16H18F2N2O. The van der Waals surface area contributed by atoms with E-state index >= 15 is 0 Å². The Balaban J connectivity index is 2.49. The van der Waals surface area contributed by atoms with Crippen LogP contribution in [0.25, 0.3) is 0 Å². The Hall–Kier alpha value is -1.98. The van der Waals surface area contributed by atoms with Crippen molar-refractivity contribution < 1.29 is 13.5 Å². The summed E-state index contributed by atoms with van der Waals surface area (Å²) in [5, 5.41) is 0. The fraction of sp³-hybridized carbons (Fsp3) is 0.250. The van der Waals surface area contributed by atoms with Crippen molar-refractivity contribution in [3.05, 3.63) is 64.7 Å². The van der Waals surface area contributed by atoms with Crippen molar-refractivity contribution in [3.8, 4) is 5.75 Å². The number of halogens is 2. The van der Waals surface area contributed by atoms with Crippen LogP contribution in [0.4, 0.5) is 8.78 Å². The SMILES string of the molecule is Cc1cccc(C(NN)c2ccccc2OC(F)F)c1C. The number of aryl methyl sites for hydroxylation is 1. The van der Waals surface area contributed by atoms with Gasteiger partial charge in [-0.25, -0.2) is 5.43 Å². The Morgan fingerprint density at radius 1 is 1.00 bits per heavy atom. The molecular weight excluding hydrogens is 274 g/mol. The number of hydrogen-bond acceptors (Lipinski definition) is 3. The van der Waals surface area contributed by atoms with Crippen LogP contribution in [0.1, 0.15) is 28.3 Å². The van der Waals surface area contributed by atoms with Gasteiger partial charge in [-0.05, 0) is 36.6 Å². The van der Waals surface area contributed by atoms with E-state index in [1.54, 1.807) is 18.2 Å². The molecule has 3 N–H and O–H groups in total. The second-order valence-corrected chi connectivity index (χ2v) is 4.81. The minimum atomic E-state index is -2.87. The van der Waals surface area contributed by atoms with Crippen LogP contribution in [0.2, 0.25) is 0 Å². The third-order valence-corrected chi connectivity index (χ3v) is 3.57. The smallest absolute Gasteiger partial charge is 0.387 e. The molecule has 0 saturated carbocycles. The Bertz CT molecular complexity index is 617. The number of benzene rings is 2. The number of hydrazine groups is 1. The normalized spacial score (nSPS) is 12.5. The first-order valence-electron chi connectivity index (χ1n) is 6.60. The number of para-hydroxylation sites is 1. The number of rotatable bonds is 5. The quantitative estimate of drug-likeness (QED) is 0.655. The van der Waals surface area contributed by atoms with Crippen LogP contribution in [-0.2, 0) is 0 Å². The summed E-state index contributed by atoms with van der Waals surface area (Å²) in [6.45, 7) is 1.10. The molecule has 2 rings (SSSR count). The molecule has 3 nitrogen and oxygen atoms in total. The highest BCUT2D eigenvalue weighted by molar-refractivity contribution is 5.45. The molecule has 0 fully saturated rings. The van der Waals surface area contributed by atoms with Crippen molar-refractivity contribution in [2.24, 2.45) is 5.84 Å². The van der Waals surface area contributed by atoms with Crippen molar-refractivity contribution in [1.82, 2.24) is 5.43 Å². The van der Waals surface area contributed by atoms with Crippen LogP contribution < -0.4 is 16.0 Å².